The number of likely N-dealkylation sites (tertiary alicyclic amines) is 1. The van der Waals surface area contributed by atoms with E-state index >= 15 is 0 Å². The second kappa shape index (κ2) is 8.54. The molecular weight excluding hydrogens is 240 g/mol. The Labute approximate surface area is 117 Å². The lowest BCUT2D eigenvalue weighted by atomic mass is 9.86. The molecule has 1 atom stereocenters. The Kier molecular flexibility index (Phi) is 7.39. The summed E-state index contributed by atoms with van der Waals surface area (Å²) in [7, 11) is 1.83. The van der Waals surface area contributed by atoms with Gasteiger partial charge < -0.3 is 15.0 Å². The highest BCUT2D eigenvalue weighted by atomic mass is 16.5. The Morgan fingerprint density at radius 3 is 2.47 bits per heavy atom. The second-order valence-electron chi connectivity index (χ2n) is 5.81. The largest absolute Gasteiger partial charge is 0.465 e. The Bertz CT molecular complexity index is 261. The molecule has 4 nitrogen and oxygen atoms in total. The standard InChI is InChI=1S/C15H30N2O2/c1-5-19-15(18)14(16-4)8-11-17-9-6-13(7-10-17)12(2)3/h12-14,16H,5-11H2,1-4H3. The van der Waals surface area contributed by atoms with E-state index < -0.39 is 0 Å². The van der Waals surface area contributed by atoms with Gasteiger partial charge in [0.2, 0.25) is 0 Å². The summed E-state index contributed by atoms with van der Waals surface area (Å²) in [5, 5.41) is 3.05. The van der Waals surface area contributed by atoms with Gasteiger partial charge >= 0.3 is 5.97 Å². The highest BCUT2D eigenvalue weighted by molar-refractivity contribution is 5.75. The Morgan fingerprint density at radius 1 is 1.37 bits per heavy atom. The summed E-state index contributed by atoms with van der Waals surface area (Å²) in [6.07, 6.45) is 3.42. The van der Waals surface area contributed by atoms with Crippen LogP contribution in [0.2, 0.25) is 0 Å². The van der Waals surface area contributed by atoms with E-state index in [0.29, 0.717) is 6.61 Å². The second-order valence-corrected chi connectivity index (χ2v) is 5.81. The molecule has 0 bridgehead atoms. The maximum atomic E-state index is 11.7. The summed E-state index contributed by atoms with van der Waals surface area (Å²) in [6, 6.07) is -0.164. The molecule has 112 valence electrons. The minimum absolute atomic E-state index is 0.123. The molecule has 0 aliphatic carbocycles. The third kappa shape index (κ3) is 5.49. The van der Waals surface area contributed by atoms with Gasteiger partial charge in [-0.2, -0.15) is 0 Å². The molecule has 0 amide bonds. The van der Waals surface area contributed by atoms with Crippen molar-refractivity contribution in [3.63, 3.8) is 0 Å². The SMILES string of the molecule is CCOC(=O)C(CCN1CCC(C(C)C)CC1)NC. The number of likely N-dealkylation sites (N-methyl/N-ethyl adjacent to an activating group) is 1. The lowest BCUT2D eigenvalue weighted by molar-refractivity contribution is -0.145. The fraction of sp³-hybridized carbons (Fsp3) is 0.933. The molecule has 19 heavy (non-hydrogen) atoms. The summed E-state index contributed by atoms with van der Waals surface area (Å²) in [6.45, 7) is 10.3. The molecule has 0 radical (unpaired) electrons. The molecule has 0 aromatic heterocycles. The normalized spacial score (nSPS) is 19.6. The van der Waals surface area contributed by atoms with E-state index in [9.17, 15) is 4.79 Å². The fourth-order valence-corrected chi connectivity index (χ4v) is 2.78. The first-order valence-electron chi connectivity index (χ1n) is 7.64. The summed E-state index contributed by atoms with van der Waals surface area (Å²) in [5.74, 6) is 1.55. The van der Waals surface area contributed by atoms with Crippen LogP contribution in [0.3, 0.4) is 0 Å². The zero-order valence-electron chi connectivity index (χ0n) is 12.9. The van der Waals surface area contributed by atoms with E-state index in [-0.39, 0.29) is 12.0 Å². The van der Waals surface area contributed by atoms with Crippen LogP contribution < -0.4 is 5.32 Å². The quantitative estimate of drug-likeness (QED) is 0.717. The Hall–Kier alpha value is -0.610. The summed E-state index contributed by atoms with van der Waals surface area (Å²) in [4.78, 5) is 14.2. The highest BCUT2D eigenvalue weighted by Gasteiger charge is 2.23. The monoisotopic (exact) mass is 270 g/mol. The van der Waals surface area contributed by atoms with Gasteiger partial charge in [-0.1, -0.05) is 13.8 Å². The molecule has 0 saturated carbocycles. The highest BCUT2D eigenvalue weighted by Crippen LogP contribution is 2.24. The average molecular weight is 270 g/mol. The molecule has 0 spiro atoms. The van der Waals surface area contributed by atoms with Crippen LogP contribution >= 0.6 is 0 Å². The van der Waals surface area contributed by atoms with Crippen LogP contribution in [0.5, 0.6) is 0 Å². The van der Waals surface area contributed by atoms with Crippen LogP contribution in [0.15, 0.2) is 0 Å². The first kappa shape index (κ1) is 16.4. The third-order valence-corrected chi connectivity index (χ3v) is 4.23. The van der Waals surface area contributed by atoms with E-state index in [1.165, 1.54) is 25.9 Å². The molecule has 1 heterocycles. The zero-order chi connectivity index (χ0) is 14.3. The number of nitrogens with zero attached hydrogens (tertiary/aromatic N) is 1. The fourth-order valence-electron chi connectivity index (χ4n) is 2.78. The smallest absolute Gasteiger partial charge is 0.323 e. The van der Waals surface area contributed by atoms with E-state index in [2.05, 4.69) is 24.1 Å². The van der Waals surface area contributed by atoms with Crippen molar-refractivity contribution in [2.45, 2.75) is 46.1 Å². The predicted molar refractivity (Wildman–Crippen MR) is 78.1 cm³/mol. The lowest BCUT2D eigenvalue weighted by Crippen LogP contribution is -2.41. The summed E-state index contributed by atoms with van der Waals surface area (Å²) >= 11 is 0. The number of carbonyl (C=O) groups excluding carboxylic acids is 1. The predicted octanol–water partition coefficient (Wildman–Crippen LogP) is 1.90. The molecule has 1 aliphatic heterocycles. The summed E-state index contributed by atoms with van der Waals surface area (Å²) < 4.78 is 5.06. The van der Waals surface area contributed by atoms with Gasteiger partial charge in [0, 0.05) is 6.54 Å². The minimum Gasteiger partial charge on any atom is -0.465 e. The van der Waals surface area contributed by atoms with Crippen molar-refractivity contribution in [1.29, 1.82) is 0 Å². The van der Waals surface area contributed by atoms with E-state index in [4.69, 9.17) is 4.74 Å². The molecule has 1 fully saturated rings. The van der Waals surface area contributed by atoms with Crippen molar-refractivity contribution in [3.05, 3.63) is 0 Å². The molecule has 1 unspecified atom stereocenters. The number of hydrogen-bond donors (Lipinski definition) is 1. The maximum absolute atomic E-state index is 11.7. The van der Waals surface area contributed by atoms with Crippen molar-refractivity contribution >= 4 is 5.97 Å². The molecular formula is C15H30N2O2. The minimum atomic E-state index is -0.164. The lowest BCUT2D eigenvalue weighted by Gasteiger charge is -2.34. The molecule has 1 rings (SSSR count). The van der Waals surface area contributed by atoms with Crippen LogP contribution in [-0.2, 0) is 9.53 Å². The number of rotatable bonds is 7. The number of carbonyl (C=O) groups is 1. The molecule has 0 aromatic rings. The van der Waals surface area contributed by atoms with Crippen LogP contribution in [0, 0.1) is 11.8 Å². The topological polar surface area (TPSA) is 41.6 Å². The average Bonchev–Trinajstić information content (AvgIpc) is 2.40. The van der Waals surface area contributed by atoms with Gasteiger partial charge in [0.05, 0.1) is 6.61 Å². The van der Waals surface area contributed by atoms with E-state index in [1.54, 1.807) is 0 Å². The van der Waals surface area contributed by atoms with Gasteiger partial charge in [0.25, 0.3) is 0 Å². The molecule has 1 aliphatic rings. The van der Waals surface area contributed by atoms with Gasteiger partial charge in [-0.05, 0) is 58.2 Å². The molecule has 1 saturated heterocycles. The van der Waals surface area contributed by atoms with Gasteiger partial charge in [-0.15, -0.1) is 0 Å². The van der Waals surface area contributed by atoms with Crippen LogP contribution in [-0.4, -0.2) is 50.2 Å². The Morgan fingerprint density at radius 2 is 2.00 bits per heavy atom. The summed E-state index contributed by atoms with van der Waals surface area (Å²) in [5.41, 5.74) is 0. The third-order valence-electron chi connectivity index (χ3n) is 4.23. The van der Waals surface area contributed by atoms with Crippen LogP contribution in [0.1, 0.15) is 40.0 Å². The van der Waals surface area contributed by atoms with Crippen LogP contribution in [0.25, 0.3) is 0 Å². The maximum Gasteiger partial charge on any atom is 0.323 e. The van der Waals surface area contributed by atoms with Gasteiger partial charge in [0.15, 0.2) is 0 Å². The molecule has 1 N–H and O–H groups in total. The van der Waals surface area contributed by atoms with E-state index in [0.717, 1.165) is 24.8 Å². The number of hydrogen-bond acceptors (Lipinski definition) is 4. The number of esters is 1. The number of ether oxygens (including phenoxy) is 1. The Balaban J connectivity index is 2.27. The van der Waals surface area contributed by atoms with Crippen molar-refractivity contribution in [1.82, 2.24) is 10.2 Å². The first-order valence-corrected chi connectivity index (χ1v) is 7.64. The van der Waals surface area contributed by atoms with Gasteiger partial charge in [-0.3, -0.25) is 4.79 Å². The number of nitrogens with one attached hydrogen (secondary N) is 1. The van der Waals surface area contributed by atoms with Gasteiger partial charge in [-0.25, -0.2) is 0 Å². The van der Waals surface area contributed by atoms with Crippen molar-refractivity contribution in [2.75, 3.05) is 33.3 Å². The van der Waals surface area contributed by atoms with Crippen molar-refractivity contribution in [3.8, 4) is 0 Å². The number of piperidine rings is 1. The van der Waals surface area contributed by atoms with Crippen molar-refractivity contribution in [2.24, 2.45) is 11.8 Å². The zero-order valence-corrected chi connectivity index (χ0v) is 12.9. The van der Waals surface area contributed by atoms with E-state index in [1.807, 2.05) is 14.0 Å². The van der Waals surface area contributed by atoms with Gasteiger partial charge in [0.1, 0.15) is 6.04 Å². The van der Waals surface area contributed by atoms with Crippen LogP contribution in [0.4, 0.5) is 0 Å². The first-order chi connectivity index (χ1) is 9.08. The molecule has 0 aromatic carbocycles. The van der Waals surface area contributed by atoms with Crippen molar-refractivity contribution < 1.29 is 9.53 Å². The molecule has 4 heteroatoms.